The van der Waals surface area contributed by atoms with Crippen LogP contribution in [0.3, 0.4) is 0 Å². The quantitative estimate of drug-likeness (QED) is 0.246. The van der Waals surface area contributed by atoms with Gasteiger partial charge in [0.15, 0.2) is 0 Å². The van der Waals surface area contributed by atoms with Gasteiger partial charge in [0.1, 0.15) is 11.3 Å². The third kappa shape index (κ3) is 4.41. The van der Waals surface area contributed by atoms with Gasteiger partial charge in [-0.05, 0) is 62.1 Å². The number of piperazine rings is 1. The van der Waals surface area contributed by atoms with E-state index in [9.17, 15) is 9.59 Å². The lowest BCUT2D eigenvalue weighted by Gasteiger charge is -2.49. The molecule has 0 radical (unpaired) electrons. The predicted octanol–water partition coefficient (Wildman–Crippen LogP) is 5.73. The number of benzene rings is 1. The molecule has 0 saturated carbocycles. The van der Waals surface area contributed by atoms with Crippen LogP contribution in [0.15, 0.2) is 54.1 Å². The molecule has 4 aromatic heterocycles. The van der Waals surface area contributed by atoms with Crippen molar-refractivity contribution in [1.82, 2.24) is 29.6 Å². The van der Waals surface area contributed by atoms with E-state index in [1.807, 2.05) is 49.9 Å². The largest absolute Gasteiger partial charge is 0.377 e. The third-order valence-electron chi connectivity index (χ3n) is 9.17. The highest BCUT2D eigenvalue weighted by Gasteiger charge is 2.39. The average molecular weight is 623 g/mol. The van der Waals surface area contributed by atoms with E-state index in [0.717, 1.165) is 50.0 Å². The molecule has 1 amide bonds. The number of rotatable bonds is 4. The second-order valence-corrected chi connectivity index (χ2v) is 12.8. The standard InChI is InChI=1S/C34H35ClN8O2/c1-7-26(44)41-16-21-13-37-30-32(42(21)15-20(41)6)22-12-24(35)29(27-18(4)8-9-25-23(27)14-38-40-25)39-33(22)43(34(30)45)31-19(5)10-11-36-28(31)17(2)3/h7-12,14,17,20-21,37H,1,13,15-16H2,2-6H3,(H,38,40). The Morgan fingerprint density at radius 2 is 1.93 bits per heavy atom. The van der Waals surface area contributed by atoms with Crippen molar-refractivity contribution >= 4 is 50.8 Å². The Balaban J connectivity index is 1.57. The summed E-state index contributed by atoms with van der Waals surface area (Å²) in [6.07, 6.45) is 4.93. The summed E-state index contributed by atoms with van der Waals surface area (Å²) in [7, 11) is 0. The zero-order chi connectivity index (χ0) is 31.7. The summed E-state index contributed by atoms with van der Waals surface area (Å²) in [6.45, 7) is 15.4. The van der Waals surface area contributed by atoms with Crippen molar-refractivity contribution in [1.29, 1.82) is 0 Å². The van der Waals surface area contributed by atoms with Crippen LogP contribution >= 0.6 is 11.6 Å². The first-order chi connectivity index (χ1) is 21.6. The number of aromatic amines is 1. The Kier molecular flexibility index (Phi) is 6.92. The van der Waals surface area contributed by atoms with Crippen molar-refractivity contribution in [3.05, 3.63) is 81.5 Å². The second kappa shape index (κ2) is 10.7. The van der Waals surface area contributed by atoms with Gasteiger partial charge in [-0.15, -0.1) is 0 Å². The van der Waals surface area contributed by atoms with Gasteiger partial charge in [-0.3, -0.25) is 24.2 Å². The van der Waals surface area contributed by atoms with Gasteiger partial charge >= 0.3 is 0 Å². The van der Waals surface area contributed by atoms with Crippen LogP contribution in [0.1, 0.15) is 43.5 Å². The summed E-state index contributed by atoms with van der Waals surface area (Å²) in [5.41, 5.74) is 7.29. The maximum absolute atomic E-state index is 14.8. The molecule has 2 unspecified atom stereocenters. The SMILES string of the molecule is C=CC(=O)N1CC2CNc3c(c4cc(Cl)c(-c5c(C)ccc6[nH]ncc56)nc4n(-c4c(C)ccnc4C(C)C)c3=O)N2CC1C. The average Bonchev–Trinajstić information content (AvgIpc) is 3.50. The Hall–Kier alpha value is -4.70. The molecule has 2 aliphatic heterocycles. The molecule has 1 fully saturated rings. The van der Waals surface area contributed by atoms with E-state index in [0.29, 0.717) is 41.7 Å². The molecule has 2 N–H and O–H groups in total. The molecule has 0 aliphatic carbocycles. The molecule has 11 heteroatoms. The first-order valence-corrected chi connectivity index (χ1v) is 15.6. The van der Waals surface area contributed by atoms with Gasteiger partial charge in [0.25, 0.3) is 5.56 Å². The summed E-state index contributed by atoms with van der Waals surface area (Å²) in [4.78, 5) is 41.5. The number of aryl methyl sites for hydroxylation is 2. The molecule has 10 nitrogen and oxygen atoms in total. The first-order valence-electron chi connectivity index (χ1n) is 15.2. The number of halogens is 1. The second-order valence-electron chi connectivity index (χ2n) is 12.4. The van der Waals surface area contributed by atoms with Gasteiger partial charge in [0.2, 0.25) is 5.91 Å². The van der Waals surface area contributed by atoms with Crippen LogP contribution in [0.5, 0.6) is 0 Å². The number of anilines is 2. The molecule has 5 aromatic rings. The van der Waals surface area contributed by atoms with E-state index in [2.05, 4.69) is 40.8 Å². The van der Waals surface area contributed by atoms with Crippen LogP contribution in [-0.2, 0) is 4.79 Å². The van der Waals surface area contributed by atoms with Crippen molar-refractivity contribution in [3.8, 4) is 16.9 Å². The minimum atomic E-state index is -0.204. The molecule has 7 rings (SSSR count). The van der Waals surface area contributed by atoms with Crippen molar-refractivity contribution in [3.63, 3.8) is 0 Å². The van der Waals surface area contributed by atoms with E-state index in [1.165, 1.54) is 6.08 Å². The van der Waals surface area contributed by atoms with Gasteiger partial charge < -0.3 is 15.1 Å². The fourth-order valence-corrected chi connectivity index (χ4v) is 7.21. The first kappa shape index (κ1) is 29.0. The predicted molar refractivity (Wildman–Crippen MR) is 180 cm³/mol. The van der Waals surface area contributed by atoms with Crippen molar-refractivity contribution < 1.29 is 4.79 Å². The lowest BCUT2D eigenvalue weighted by atomic mass is 9.98. The van der Waals surface area contributed by atoms with Crippen molar-refractivity contribution in [2.75, 3.05) is 29.9 Å². The number of pyridine rings is 3. The number of H-pyrrole nitrogens is 1. The molecule has 2 aliphatic rings. The number of hydrogen-bond donors (Lipinski definition) is 2. The lowest BCUT2D eigenvalue weighted by Crippen LogP contribution is -2.62. The number of carbonyl (C=O) groups is 1. The highest BCUT2D eigenvalue weighted by Crippen LogP contribution is 2.43. The molecule has 0 bridgehead atoms. The van der Waals surface area contributed by atoms with E-state index in [-0.39, 0.29) is 29.5 Å². The van der Waals surface area contributed by atoms with Gasteiger partial charge in [0.05, 0.1) is 45.5 Å². The maximum atomic E-state index is 14.8. The number of nitrogens with zero attached hydrogens (tertiary/aromatic N) is 6. The molecule has 1 aromatic carbocycles. The fraction of sp³-hybridized carbons (Fsp3) is 0.324. The normalized spacial score (nSPS) is 17.8. The van der Waals surface area contributed by atoms with Crippen LogP contribution < -0.4 is 15.8 Å². The molecule has 2 atom stereocenters. The van der Waals surface area contributed by atoms with Crippen molar-refractivity contribution in [2.45, 2.75) is 52.6 Å². The van der Waals surface area contributed by atoms with Gasteiger partial charge in [-0.25, -0.2) is 4.98 Å². The topological polar surface area (TPSA) is 112 Å². The fourth-order valence-electron chi connectivity index (χ4n) is 6.96. The number of aromatic nitrogens is 5. The molecule has 1 saturated heterocycles. The Morgan fingerprint density at radius 3 is 2.69 bits per heavy atom. The lowest BCUT2D eigenvalue weighted by molar-refractivity contribution is -0.128. The van der Waals surface area contributed by atoms with Crippen LogP contribution in [0.4, 0.5) is 11.4 Å². The van der Waals surface area contributed by atoms with E-state index < -0.39 is 0 Å². The van der Waals surface area contributed by atoms with Crippen LogP contribution in [0.25, 0.3) is 38.9 Å². The third-order valence-corrected chi connectivity index (χ3v) is 9.46. The Morgan fingerprint density at radius 1 is 1.13 bits per heavy atom. The number of carbonyl (C=O) groups excluding carboxylic acids is 1. The van der Waals surface area contributed by atoms with Gasteiger partial charge in [-0.1, -0.05) is 38.1 Å². The zero-order valence-corrected chi connectivity index (χ0v) is 26.7. The summed E-state index contributed by atoms with van der Waals surface area (Å²) in [5.74, 6) is -0.0418. The zero-order valence-electron chi connectivity index (χ0n) is 26.0. The minimum Gasteiger partial charge on any atom is -0.377 e. The molecule has 230 valence electrons. The van der Waals surface area contributed by atoms with E-state index in [4.69, 9.17) is 21.6 Å². The summed E-state index contributed by atoms with van der Waals surface area (Å²) in [5, 5.41) is 12.9. The smallest absolute Gasteiger partial charge is 0.282 e. The number of nitrogens with one attached hydrogen (secondary N) is 2. The van der Waals surface area contributed by atoms with Gasteiger partial charge in [0, 0.05) is 48.2 Å². The molecular formula is C34H35ClN8O2. The summed E-state index contributed by atoms with van der Waals surface area (Å²) >= 11 is 7.16. The minimum absolute atomic E-state index is 0.0530. The van der Waals surface area contributed by atoms with Crippen LogP contribution in [0, 0.1) is 13.8 Å². The van der Waals surface area contributed by atoms with Crippen LogP contribution in [0.2, 0.25) is 5.02 Å². The number of hydrogen-bond acceptors (Lipinski definition) is 7. The Labute approximate surface area is 265 Å². The van der Waals surface area contributed by atoms with Gasteiger partial charge in [-0.2, -0.15) is 5.10 Å². The van der Waals surface area contributed by atoms with E-state index >= 15 is 0 Å². The number of amides is 1. The maximum Gasteiger partial charge on any atom is 0.282 e. The molecule has 6 heterocycles. The highest BCUT2D eigenvalue weighted by molar-refractivity contribution is 6.34. The molecule has 45 heavy (non-hydrogen) atoms. The van der Waals surface area contributed by atoms with Crippen LogP contribution in [-0.4, -0.2) is 67.3 Å². The van der Waals surface area contributed by atoms with Crippen molar-refractivity contribution in [2.24, 2.45) is 0 Å². The number of fused-ring (bicyclic) bond motifs is 6. The summed E-state index contributed by atoms with van der Waals surface area (Å²) in [6, 6.07) is 7.71. The molecular weight excluding hydrogens is 588 g/mol. The highest BCUT2D eigenvalue weighted by atomic mass is 35.5. The molecule has 0 spiro atoms. The Bertz CT molecular complexity index is 2100. The monoisotopic (exact) mass is 622 g/mol. The summed E-state index contributed by atoms with van der Waals surface area (Å²) < 4.78 is 1.71. The van der Waals surface area contributed by atoms with E-state index in [1.54, 1.807) is 17.0 Å².